The number of hydrogen-bond donors (Lipinski definition) is 2. The van der Waals surface area contributed by atoms with E-state index >= 15 is 0 Å². The lowest BCUT2D eigenvalue weighted by Crippen LogP contribution is -2.13. The molecule has 0 atom stereocenters. The first-order valence-electron chi connectivity index (χ1n) is 8.02. The van der Waals surface area contributed by atoms with Gasteiger partial charge in [0.05, 0.1) is 17.4 Å². The Bertz CT molecular complexity index is 1020. The molecule has 5 nitrogen and oxygen atoms in total. The van der Waals surface area contributed by atoms with E-state index in [-0.39, 0.29) is 11.3 Å². The van der Waals surface area contributed by atoms with E-state index in [9.17, 15) is 18.4 Å². The summed E-state index contributed by atoms with van der Waals surface area (Å²) in [6, 6.07) is 11.5. The van der Waals surface area contributed by atoms with Crippen molar-refractivity contribution in [3.8, 4) is 0 Å². The Morgan fingerprint density at radius 1 is 0.852 bits per heavy atom. The molecule has 0 fully saturated rings. The highest BCUT2D eigenvalue weighted by Crippen LogP contribution is 2.20. The van der Waals surface area contributed by atoms with Crippen molar-refractivity contribution in [2.45, 2.75) is 6.92 Å². The van der Waals surface area contributed by atoms with Crippen molar-refractivity contribution < 1.29 is 18.4 Å². The van der Waals surface area contributed by atoms with E-state index in [4.69, 9.17) is 0 Å². The van der Waals surface area contributed by atoms with E-state index in [1.54, 1.807) is 24.3 Å². The number of benzene rings is 2. The summed E-state index contributed by atoms with van der Waals surface area (Å²) in [5, 5.41) is 5.55. The fraction of sp³-hybridized carbons (Fsp3) is 0.0500. The van der Waals surface area contributed by atoms with Gasteiger partial charge in [-0.2, -0.15) is 0 Å². The topological polar surface area (TPSA) is 71.1 Å². The number of anilines is 3. The molecule has 0 unspecified atom stereocenters. The molecule has 0 bridgehead atoms. The van der Waals surface area contributed by atoms with Crippen LogP contribution in [0.1, 0.15) is 27.6 Å². The lowest BCUT2D eigenvalue weighted by atomic mass is 10.1. The molecule has 0 aliphatic carbocycles. The second kappa shape index (κ2) is 7.74. The molecule has 3 rings (SSSR count). The fourth-order valence-corrected chi connectivity index (χ4v) is 2.39. The van der Waals surface area contributed by atoms with Gasteiger partial charge >= 0.3 is 0 Å². The van der Waals surface area contributed by atoms with E-state index in [0.29, 0.717) is 22.6 Å². The van der Waals surface area contributed by atoms with E-state index in [1.807, 2.05) is 0 Å². The minimum absolute atomic E-state index is 0.106. The number of amides is 1. The second-order valence-electron chi connectivity index (χ2n) is 5.81. The van der Waals surface area contributed by atoms with Gasteiger partial charge < -0.3 is 10.6 Å². The van der Waals surface area contributed by atoms with Crippen LogP contribution in [0, 0.1) is 11.6 Å². The number of ketones is 1. The van der Waals surface area contributed by atoms with Crippen LogP contribution in [0.3, 0.4) is 0 Å². The van der Waals surface area contributed by atoms with Gasteiger partial charge in [0.15, 0.2) is 17.4 Å². The third kappa shape index (κ3) is 4.52. The molecule has 136 valence electrons. The predicted octanol–water partition coefficient (Wildman–Crippen LogP) is 4.56. The molecule has 0 aliphatic rings. The van der Waals surface area contributed by atoms with Crippen LogP contribution in [0.15, 0.2) is 60.9 Å². The van der Waals surface area contributed by atoms with Gasteiger partial charge in [-0.3, -0.25) is 14.6 Å². The van der Waals surface area contributed by atoms with Crippen molar-refractivity contribution in [2.24, 2.45) is 0 Å². The molecule has 1 heterocycles. The monoisotopic (exact) mass is 367 g/mol. The Morgan fingerprint density at radius 3 is 2.37 bits per heavy atom. The number of nitrogens with one attached hydrogen (secondary N) is 2. The van der Waals surface area contributed by atoms with Gasteiger partial charge in [-0.1, -0.05) is 12.1 Å². The van der Waals surface area contributed by atoms with Crippen LogP contribution in [0.2, 0.25) is 0 Å². The average Bonchev–Trinajstić information content (AvgIpc) is 2.65. The standard InChI is InChI=1S/C20H15F2N3O2/c1-12(26)13-3-2-4-15(7-13)25-20(27)14-8-17(11-23-10-14)24-16-5-6-18(21)19(22)9-16/h2-11,24H,1H3,(H,25,27). The van der Waals surface area contributed by atoms with Crippen LogP contribution in [0.25, 0.3) is 0 Å². The van der Waals surface area contributed by atoms with Crippen molar-refractivity contribution in [3.05, 3.63) is 83.7 Å². The van der Waals surface area contributed by atoms with Gasteiger partial charge in [0.1, 0.15) is 0 Å². The van der Waals surface area contributed by atoms with Crippen LogP contribution < -0.4 is 10.6 Å². The largest absolute Gasteiger partial charge is 0.354 e. The molecule has 3 aromatic rings. The summed E-state index contributed by atoms with van der Waals surface area (Å²) in [5.41, 5.74) is 1.98. The molecule has 2 N–H and O–H groups in total. The quantitative estimate of drug-likeness (QED) is 0.649. The summed E-state index contributed by atoms with van der Waals surface area (Å²) < 4.78 is 26.3. The van der Waals surface area contributed by atoms with E-state index < -0.39 is 17.5 Å². The van der Waals surface area contributed by atoms with Gasteiger partial charge in [-0.25, -0.2) is 8.78 Å². The Labute approximate surface area is 154 Å². The zero-order chi connectivity index (χ0) is 19.4. The SMILES string of the molecule is CC(=O)c1cccc(NC(=O)c2cncc(Nc3ccc(F)c(F)c3)c2)c1. The van der Waals surface area contributed by atoms with Crippen molar-refractivity contribution >= 4 is 28.8 Å². The number of Topliss-reactive ketones (excluding diaryl/α,β-unsaturated/α-hetero) is 1. The van der Waals surface area contributed by atoms with Gasteiger partial charge in [-0.05, 0) is 37.3 Å². The number of halogens is 2. The number of carbonyl (C=O) groups excluding carboxylic acids is 2. The van der Waals surface area contributed by atoms with Crippen molar-refractivity contribution in [1.82, 2.24) is 4.98 Å². The Morgan fingerprint density at radius 2 is 1.63 bits per heavy atom. The molecule has 0 saturated heterocycles. The molecule has 2 aromatic carbocycles. The second-order valence-corrected chi connectivity index (χ2v) is 5.81. The van der Waals surface area contributed by atoms with E-state index in [2.05, 4.69) is 15.6 Å². The van der Waals surface area contributed by atoms with Crippen LogP contribution in [-0.2, 0) is 0 Å². The van der Waals surface area contributed by atoms with Gasteiger partial charge in [-0.15, -0.1) is 0 Å². The number of hydrogen-bond acceptors (Lipinski definition) is 4. The fourth-order valence-electron chi connectivity index (χ4n) is 2.39. The Kier molecular flexibility index (Phi) is 5.21. The molecule has 0 spiro atoms. The maximum absolute atomic E-state index is 13.3. The van der Waals surface area contributed by atoms with E-state index in [1.165, 1.54) is 31.5 Å². The van der Waals surface area contributed by atoms with Gasteiger partial charge in [0.2, 0.25) is 0 Å². The van der Waals surface area contributed by atoms with Crippen LogP contribution in [-0.4, -0.2) is 16.7 Å². The number of pyridine rings is 1. The van der Waals surface area contributed by atoms with Crippen LogP contribution in [0.4, 0.5) is 25.8 Å². The zero-order valence-electron chi connectivity index (χ0n) is 14.3. The molecule has 7 heteroatoms. The Balaban J connectivity index is 1.76. The van der Waals surface area contributed by atoms with Gasteiger partial charge in [0.25, 0.3) is 5.91 Å². The summed E-state index contributed by atoms with van der Waals surface area (Å²) in [6.07, 6.45) is 2.83. The minimum Gasteiger partial charge on any atom is -0.354 e. The smallest absolute Gasteiger partial charge is 0.257 e. The third-order valence-corrected chi connectivity index (χ3v) is 3.74. The van der Waals surface area contributed by atoms with Crippen LogP contribution in [0.5, 0.6) is 0 Å². The molecular weight excluding hydrogens is 352 g/mol. The molecule has 27 heavy (non-hydrogen) atoms. The number of aromatic nitrogens is 1. The highest BCUT2D eigenvalue weighted by molar-refractivity contribution is 6.05. The summed E-state index contributed by atoms with van der Waals surface area (Å²) in [6.45, 7) is 1.44. The van der Waals surface area contributed by atoms with Crippen molar-refractivity contribution in [3.63, 3.8) is 0 Å². The molecule has 0 aliphatic heterocycles. The lowest BCUT2D eigenvalue weighted by molar-refractivity contribution is 0.101. The molecule has 0 saturated carbocycles. The Hall–Kier alpha value is -3.61. The highest BCUT2D eigenvalue weighted by Gasteiger charge is 2.10. The maximum atomic E-state index is 13.3. The zero-order valence-corrected chi connectivity index (χ0v) is 14.3. The lowest BCUT2D eigenvalue weighted by Gasteiger charge is -2.09. The average molecular weight is 367 g/mol. The predicted molar refractivity (Wildman–Crippen MR) is 98.3 cm³/mol. The molecular formula is C20H15F2N3O2. The molecule has 1 amide bonds. The first-order chi connectivity index (χ1) is 12.9. The first kappa shape index (κ1) is 18.2. The minimum atomic E-state index is -0.979. The summed E-state index contributed by atoms with van der Waals surface area (Å²) in [7, 11) is 0. The molecule has 0 radical (unpaired) electrons. The van der Waals surface area contributed by atoms with E-state index in [0.717, 1.165) is 12.1 Å². The number of rotatable bonds is 5. The summed E-state index contributed by atoms with van der Waals surface area (Å²) in [4.78, 5) is 27.8. The van der Waals surface area contributed by atoms with Crippen molar-refractivity contribution in [2.75, 3.05) is 10.6 Å². The first-order valence-corrected chi connectivity index (χ1v) is 8.02. The van der Waals surface area contributed by atoms with Crippen molar-refractivity contribution in [1.29, 1.82) is 0 Å². The normalized spacial score (nSPS) is 10.3. The number of carbonyl (C=O) groups is 2. The summed E-state index contributed by atoms with van der Waals surface area (Å²) >= 11 is 0. The summed E-state index contributed by atoms with van der Waals surface area (Å²) in [5.74, 6) is -2.45. The van der Waals surface area contributed by atoms with Crippen LogP contribution >= 0.6 is 0 Å². The number of nitrogens with zero attached hydrogens (tertiary/aromatic N) is 1. The maximum Gasteiger partial charge on any atom is 0.257 e. The highest BCUT2D eigenvalue weighted by atomic mass is 19.2. The third-order valence-electron chi connectivity index (χ3n) is 3.74. The molecule has 1 aromatic heterocycles. The van der Waals surface area contributed by atoms with Gasteiger partial charge in [0, 0.05) is 29.2 Å².